The summed E-state index contributed by atoms with van der Waals surface area (Å²) in [5.74, 6) is 1.81. The van der Waals surface area contributed by atoms with Crippen molar-refractivity contribution in [3.05, 3.63) is 65.7 Å². The van der Waals surface area contributed by atoms with Crippen LogP contribution in [0.25, 0.3) is 10.9 Å². The highest BCUT2D eigenvalue weighted by molar-refractivity contribution is 6.07. The van der Waals surface area contributed by atoms with Gasteiger partial charge in [0, 0.05) is 17.1 Å². The van der Waals surface area contributed by atoms with Crippen LogP contribution in [0.4, 0.5) is 11.5 Å². The van der Waals surface area contributed by atoms with E-state index in [9.17, 15) is 4.79 Å². The molecule has 0 aliphatic heterocycles. The van der Waals surface area contributed by atoms with E-state index in [2.05, 4.69) is 37.5 Å². The third-order valence-electron chi connectivity index (χ3n) is 6.39. The molecule has 2 N–H and O–H groups in total. The van der Waals surface area contributed by atoms with Gasteiger partial charge in [0.25, 0.3) is 5.91 Å². The molecular formula is C25H29N3O. The summed E-state index contributed by atoms with van der Waals surface area (Å²) in [5, 5.41) is 7.59. The van der Waals surface area contributed by atoms with Crippen molar-refractivity contribution in [3.63, 3.8) is 0 Å². The van der Waals surface area contributed by atoms with Crippen LogP contribution in [0.1, 0.15) is 49.0 Å². The number of nitrogens with zero attached hydrogens (tertiary/aromatic N) is 1. The SMILES string of the molecule is Cc1ccccc1Nc1cc(C(=O)N[C@@H]2CCC[C@H](C)[C@H]2C)c2ccccc2n1. The number of hydrogen-bond donors (Lipinski definition) is 2. The van der Waals surface area contributed by atoms with Gasteiger partial charge in [-0.2, -0.15) is 0 Å². The molecule has 0 bridgehead atoms. The molecule has 4 rings (SSSR count). The summed E-state index contributed by atoms with van der Waals surface area (Å²) >= 11 is 0. The number of benzene rings is 2. The number of fused-ring (bicyclic) bond motifs is 1. The Hall–Kier alpha value is -2.88. The summed E-state index contributed by atoms with van der Waals surface area (Å²) in [5.41, 5.74) is 3.63. The topological polar surface area (TPSA) is 54.0 Å². The van der Waals surface area contributed by atoms with Gasteiger partial charge in [0.2, 0.25) is 0 Å². The zero-order chi connectivity index (χ0) is 20.4. The number of nitrogens with one attached hydrogen (secondary N) is 2. The second-order valence-corrected chi connectivity index (χ2v) is 8.36. The number of carbonyl (C=O) groups excluding carboxylic acids is 1. The molecule has 3 aromatic rings. The molecule has 1 saturated carbocycles. The maximum atomic E-state index is 13.3. The molecule has 2 aromatic carbocycles. The van der Waals surface area contributed by atoms with Crippen LogP contribution < -0.4 is 10.6 Å². The van der Waals surface area contributed by atoms with Crippen molar-refractivity contribution >= 4 is 28.3 Å². The third-order valence-corrected chi connectivity index (χ3v) is 6.39. The van der Waals surface area contributed by atoms with Gasteiger partial charge >= 0.3 is 0 Å². The molecule has 0 unspecified atom stereocenters. The van der Waals surface area contributed by atoms with Gasteiger partial charge in [-0.15, -0.1) is 0 Å². The Bertz CT molecular complexity index is 1030. The van der Waals surface area contributed by atoms with Crippen LogP contribution in [0.15, 0.2) is 54.6 Å². The second-order valence-electron chi connectivity index (χ2n) is 8.36. The van der Waals surface area contributed by atoms with Crippen LogP contribution in [0.3, 0.4) is 0 Å². The normalized spacial score (nSPS) is 21.7. The van der Waals surface area contributed by atoms with Crippen LogP contribution in [-0.4, -0.2) is 16.9 Å². The molecule has 0 saturated heterocycles. The van der Waals surface area contributed by atoms with Crippen LogP contribution in [-0.2, 0) is 0 Å². The molecule has 1 fully saturated rings. The Labute approximate surface area is 172 Å². The van der Waals surface area contributed by atoms with Crippen molar-refractivity contribution in [2.75, 3.05) is 5.32 Å². The first-order valence-corrected chi connectivity index (χ1v) is 10.6. The molecule has 4 nitrogen and oxygen atoms in total. The quantitative estimate of drug-likeness (QED) is 0.591. The number of pyridine rings is 1. The number of aryl methyl sites for hydroxylation is 1. The summed E-state index contributed by atoms with van der Waals surface area (Å²) in [7, 11) is 0. The molecule has 1 heterocycles. The van der Waals surface area contributed by atoms with Crippen molar-refractivity contribution in [1.82, 2.24) is 10.3 Å². The molecule has 3 atom stereocenters. The number of anilines is 2. The molecule has 150 valence electrons. The molecule has 4 heteroatoms. The van der Waals surface area contributed by atoms with E-state index in [1.54, 1.807) is 0 Å². The zero-order valence-corrected chi connectivity index (χ0v) is 17.4. The van der Waals surface area contributed by atoms with Gasteiger partial charge in [0.1, 0.15) is 5.82 Å². The Kier molecular flexibility index (Phi) is 5.52. The van der Waals surface area contributed by atoms with E-state index in [1.807, 2.05) is 48.5 Å². The first-order valence-electron chi connectivity index (χ1n) is 10.6. The van der Waals surface area contributed by atoms with E-state index in [4.69, 9.17) is 4.98 Å². The maximum absolute atomic E-state index is 13.3. The first kappa shape index (κ1) is 19.4. The summed E-state index contributed by atoms with van der Waals surface area (Å²) in [6.07, 6.45) is 3.47. The van der Waals surface area contributed by atoms with E-state index in [0.717, 1.165) is 28.6 Å². The maximum Gasteiger partial charge on any atom is 0.252 e. The van der Waals surface area contributed by atoms with Gasteiger partial charge in [-0.05, 0) is 48.9 Å². The highest BCUT2D eigenvalue weighted by atomic mass is 16.1. The van der Waals surface area contributed by atoms with Crippen molar-refractivity contribution in [1.29, 1.82) is 0 Å². The second kappa shape index (κ2) is 8.24. The summed E-state index contributed by atoms with van der Waals surface area (Å²) in [4.78, 5) is 18.0. The number of para-hydroxylation sites is 2. The van der Waals surface area contributed by atoms with E-state index in [-0.39, 0.29) is 11.9 Å². The monoisotopic (exact) mass is 387 g/mol. The Morgan fingerprint density at radius 2 is 1.79 bits per heavy atom. The van der Waals surface area contributed by atoms with Crippen molar-refractivity contribution < 1.29 is 4.79 Å². The van der Waals surface area contributed by atoms with Gasteiger partial charge in [0.15, 0.2) is 0 Å². The van der Waals surface area contributed by atoms with E-state index < -0.39 is 0 Å². The summed E-state index contributed by atoms with van der Waals surface area (Å²) in [6.45, 7) is 6.60. The lowest BCUT2D eigenvalue weighted by atomic mass is 9.78. The smallest absolute Gasteiger partial charge is 0.252 e. The van der Waals surface area contributed by atoms with Crippen molar-refractivity contribution in [2.45, 2.75) is 46.1 Å². The lowest BCUT2D eigenvalue weighted by molar-refractivity contribution is 0.0892. The Morgan fingerprint density at radius 3 is 2.62 bits per heavy atom. The van der Waals surface area contributed by atoms with Gasteiger partial charge < -0.3 is 10.6 Å². The average molecular weight is 388 g/mol. The first-order chi connectivity index (χ1) is 14.0. The van der Waals surface area contributed by atoms with Gasteiger partial charge in [0.05, 0.1) is 11.1 Å². The number of amides is 1. The molecule has 1 amide bonds. The molecule has 1 aliphatic carbocycles. The predicted octanol–water partition coefficient (Wildman–Crippen LogP) is 5.84. The van der Waals surface area contributed by atoms with E-state index >= 15 is 0 Å². The molecule has 1 aliphatic rings. The fourth-order valence-electron chi connectivity index (χ4n) is 4.31. The van der Waals surface area contributed by atoms with Crippen LogP contribution >= 0.6 is 0 Å². The minimum Gasteiger partial charge on any atom is -0.349 e. The molecule has 1 aromatic heterocycles. The molecule has 0 radical (unpaired) electrons. The largest absolute Gasteiger partial charge is 0.349 e. The molecule has 0 spiro atoms. The lowest BCUT2D eigenvalue weighted by Gasteiger charge is -2.34. The highest BCUT2D eigenvalue weighted by Crippen LogP contribution is 2.30. The summed E-state index contributed by atoms with van der Waals surface area (Å²) < 4.78 is 0. The van der Waals surface area contributed by atoms with Crippen molar-refractivity contribution in [2.24, 2.45) is 11.8 Å². The van der Waals surface area contributed by atoms with Gasteiger partial charge in [-0.25, -0.2) is 4.98 Å². The van der Waals surface area contributed by atoms with E-state index in [1.165, 1.54) is 12.8 Å². The minimum absolute atomic E-state index is 0.0117. The van der Waals surface area contributed by atoms with Crippen molar-refractivity contribution in [3.8, 4) is 0 Å². The average Bonchev–Trinajstić information content (AvgIpc) is 2.72. The number of carbonyl (C=O) groups is 1. The lowest BCUT2D eigenvalue weighted by Crippen LogP contribution is -2.43. The van der Waals surface area contributed by atoms with Gasteiger partial charge in [-0.1, -0.05) is 63.1 Å². The zero-order valence-electron chi connectivity index (χ0n) is 17.4. The fourth-order valence-corrected chi connectivity index (χ4v) is 4.31. The Morgan fingerprint density at radius 1 is 1.03 bits per heavy atom. The summed E-state index contributed by atoms with van der Waals surface area (Å²) in [6, 6.07) is 18.0. The van der Waals surface area contributed by atoms with E-state index in [0.29, 0.717) is 23.2 Å². The van der Waals surface area contributed by atoms with Crippen LogP contribution in [0, 0.1) is 18.8 Å². The third kappa shape index (κ3) is 4.12. The number of hydrogen-bond acceptors (Lipinski definition) is 3. The predicted molar refractivity (Wildman–Crippen MR) is 120 cm³/mol. The highest BCUT2D eigenvalue weighted by Gasteiger charge is 2.29. The minimum atomic E-state index is -0.0117. The standard InChI is InChI=1S/C25H29N3O/c1-16-10-8-14-22(18(16)3)28-25(29)20-15-24(26-21-12-6-4-9-17(21)2)27-23-13-7-5-11-19(20)23/h4-7,9,11-13,15-16,18,22H,8,10,14H2,1-3H3,(H,26,27)(H,28,29)/t16-,18+,22+/m0/s1. The van der Waals surface area contributed by atoms with Crippen LogP contribution in [0.2, 0.25) is 0 Å². The van der Waals surface area contributed by atoms with Gasteiger partial charge in [-0.3, -0.25) is 4.79 Å². The Balaban J connectivity index is 1.67. The molecule has 29 heavy (non-hydrogen) atoms. The van der Waals surface area contributed by atoms with Crippen LogP contribution in [0.5, 0.6) is 0 Å². The number of rotatable bonds is 4. The molecular weight excluding hydrogens is 358 g/mol. The number of aromatic nitrogens is 1. The fraction of sp³-hybridized carbons (Fsp3) is 0.360.